The molecule has 0 fully saturated rings. The number of hydrogen-bond acceptors (Lipinski definition) is 6. The highest BCUT2D eigenvalue weighted by atomic mass is 35.5. The van der Waals surface area contributed by atoms with Crippen LogP contribution in [0.25, 0.3) is 0 Å². The highest BCUT2D eigenvalue weighted by Crippen LogP contribution is 2.38. The summed E-state index contributed by atoms with van der Waals surface area (Å²) in [6, 6.07) is 11.5. The maximum atomic E-state index is 13.2. The summed E-state index contributed by atoms with van der Waals surface area (Å²) in [7, 11) is 0. The molecule has 38 heavy (non-hydrogen) atoms. The van der Waals surface area contributed by atoms with Gasteiger partial charge in [0.15, 0.2) is 0 Å². The van der Waals surface area contributed by atoms with E-state index in [1.807, 2.05) is 6.07 Å². The third-order valence-electron chi connectivity index (χ3n) is 6.19. The minimum Gasteiger partial charge on any atom is -0.473 e. The number of benzene rings is 2. The smallest absolute Gasteiger partial charge is 0.417 e. The van der Waals surface area contributed by atoms with Crippen LogP contribution in [0.2, 0.25) is 5.02 Å². The summed E-state index contributed by atoms with van der Waals surface area (Å²) >= 11 is 5.66. The van der Waals surface area contributed by atoms with Crippen LogP contribution < -0.4 is 20.1 Å². The summed E-state index contributed by atoms with van der Waals surface area (Å²) in [6.07, 6.45) is -0.143. The zero-order valence-electron chi connectivity index (χ0n) is 20.7. The van der Waals surface area contributed by atoms with Crippen molar-refractivity contribution < 1.29 is 22.6 Å². The van der Waals surface area contributed by atoms with Gasteiger partial charge in [-0.1, -0.05) is 43.9 Å². The second-order valence-electron chi connectivity index (χ2n) is 8.91. The Morgan fingerprint density at radius 1 is 1.11 bits per heavy atom. The molecule has 1 aliphatic heterocycles. The summed E-state index contributed by atoms with van der Waals surface area (Å²) < 4.78 is 52.4. The maximum Gasteiger partial charge on any atom is 0.417 e. The largest absolute Gasteiger partial charge is 0.473 e. The number of unbranched alkanes of at least 4 members (excludes halogenated alkanes) is 3. The molecule has 3 aromatic rings. The van der Waals surface area contributed by atoms with Crippen molar-refractivity contribution in [1.82, 2.24) is 9.55 Å². The van der Waals surface area contributed by atoms with E-state index < -0.39 is 16.8 Å². The molecule has 11 heteroatoms. The molecule has 0 saturated heterocycles. The Balaban J connectivity index is 1.45. The fraction of sp³-hybridized carbons (Fsp3) is 0.370. The van der Waals surface area contributed by atoms with Crippen LogP contribution in [0.5, 0.6) is 17.4 Å². The van der Waals surface area contributed by atoms with Gasteiger partial charge >= 0.3 is 11.9 Å². The summed E-state index contributed by atoms with van der Waals surface area (Å²) in [6.45, 7) is 4.37. The highest BCUT2D eigenvalue weighted by Gasteiger charge is 2.33. The van der Waals surface area contributed by atoms with E-state index in [1.54, 1.807) is 16.7 Å². The van der Waals surface area contributed by atoms with Gasteiger partial charge in [0.05, 0.1) is 16.1 Å². The zero-order chi connectivity index (χ0) is 27.3. The lowest BCUT2D eigenvalue weighted by Gasteiger charge is -2.18. The molecule has 7 nitrogen and oxygen atoms in total. The van der Waals surface area contributed by atoms with Crippen molar-refractivity contribution in [3.05, 3.63) is 74.7 Å². The van der Waals surface area contributed by atoms with E-state index >= 15 is 0 Å². The minimum absolute atomic E-state index is 0.0283. The van der Waals surface area contributed by atoms with Crippen molar-refractivity contribution >= 4 is 17.4 Å². The number of nitrogens with zero attached hydrogens (tertiary/aromatic N) is 4. The molecule has 0 unspecified atom stereocenters. The van der Waals surface area contributed by atoms with Crippen LogP contribution in [-0.4, -0.2) is 22.6 Å². The molecule has 0 spiro atoms. The van der Waals surface area contributed by atoms with Gasteiger partial charge in [-0.25, -0.2) is 4.79 Å². The molecule has 200 valence electrons. The Labute approximate surface area is 223 Å². The molecule has 0 aliphatic carbocycles. The quantitative estimate of drug-likeness (QED) is 0.268. The first-order valence-corrected chi connectivity index (χ1v) is 12.6. The van der Waals surface area contributed by atoms with E-state index in [0.717, 1.165) is 50.3 Å². The van der Waals surface area contributed by atoms with Gasteiger partial charge in [0, 0.05) is 25.7 Å². The predicted molar refractivity (Wildman–Crippen MR) is 137 cm³/mol. The SMILES string of the molecule is CCCCCCN1CCn2c1cc(OCc1ccc(Oc3ccc(Cl)c(C(F)(F)F)c3)c(C#N)c1)nc2=O. The second-order valence-corrected chi connectivity index (χ2v) is 9.31. The van der Waals surface area contributed by atoms with Crippen LogP contribution in [0.4, 0.5) is 19.0 Å². The van der Waals surface area contributed by atoms with E-state index in [9.17, 15) is 23.2 Å². The van der Waals surface area contributed by atoms with Crippen LogP contribution in [0.1, 0.15) is 49.3 Å². The number of ether oxygens (including phenoxy) is 2. The second kappa shape index (κ2) is 11.8. The van der Waals surface area contributed by atoms with Crippen LogP contribution in [0, 0.1) is 11.3 Å². The van der Waals surface area contributed by atoms with Crippen LogP contribution in [-0.2, 0) is 19.3 Å². The van der Waals surface area contributed by atoms with Crippen molar-refractivity contribution in [2.45, 2.75) is 51.9 Å². The molecule has 0 amide bonds. The third kappa shape index (κ3) is 6.40. The van der Waals surface area contributed by atoms with Crippen molar-refractivity contribution in [3.63, 3.8) is 0 Å². The average Bonchev–Trinajstić information content (AvgIpc) is 3.29. The topological polar surface area (TPSA) is 80.4 Å². The Morgan fingerprint density at radius 2 is 1.92 bits per heavy atom. The van der Waals surface area contributed by atoms with E-state index in [2.05, 4.69) is 16.8 Å². The zero-order valence-corrected chi connectivity index (χ0v) is 21.5. The number of anilines is 1. The van der Waals surface area contributed by atoms with E-state index in [0.29, 0.717) is 12.1 Å². The first-order valence-electron chi connectivity index (χ1n) is 12.3. The molecule has 0 atom stereocenters. The lowest BCUT2D eigenvalue weighted by atomic mass is 10.1. The van der Waals surface area contributed by atoms with Gasteiger partial charge in [-0.2, -0.15) is 23.4 Å². The van der Waals surface area contributed by atoms with Crippen molar-refractivity contribution in [3.8, 4) is 23.4 Å². The van der Waals surface area contributed by atoms with Crippen LogP contribution in [0.15, 0.2) is 47.3 Å². The molecule has 0 radical (unpaired) electrons. The lowest BCUT2D eigenvalue weighted by molar-refractivity contribution is -0.137. The minimum atomic E-state index is -4.64. The number of hydrogen-bond donors (Lipinski definition) is 0. The first-order chi connectivity index (χ1) is 18.2. The van der Waals surface area contributed by atoms with Crippen molar-refractivity contribution in [2.24, 2.45) is 0 Å². The Bertz CT molecular complexity index is 1400. The summed E-state index contributed by atoms with van der Waals surface area (Å²) in [5.74, 6) is 0.934. The molecule has 0 N–H and O–H groups in total. The van der Waals surface area contributed by atoms with Gasteiger partial charge < -0.3 is 14.4 Å². The van der Waals surface area contributed by atoms with Crippen LogP contribution >= 0.6 is 11.6 Å². The number of rotatable bonds is 10. The number of halogens is 4. The van der Waals surface area contributed by atoms with E-state index in [4.69, 9.17) is 21.1 Å². The van der Waals surface area contributed by atoms with E-state index in [1.165, 1.54) is 24.6 Å². The number of aromatic nitrogens is 2. The Hall–Kier alpha value is -3.71. The standard InChI is InChI=1S/C27H26ClF3N4O3/c1-2-3-4-5-10-34-11-12-35-25(34)15-24(33-26(35)36)37-17-18-6-9-23(19(13-18)16-32)38-20-7-8-22(28)21(14-20)27(29,30)31/h6-9,13-15H,2-5,10-12,17H2,1H3. The number of fused-ring (bicyclic) bond motifs is 1. The predicted octanol–water partition coefficient (Wildman–Crippen LogP) is 6.56. The fourth-order valence-electron chi connectivity index (χ4n) is 4.22. The molecule has 2 heterocycles. The molecule has 1 aliphatic rings. The number of alkyl halides is 3. The van der Waals surface area contributed by atoms with Crippen molar-refractivity contribution in [2.75, 3.05) is 18.0 Å². The average molecular weight is 547 g/mol. The van der Waals surface area contributed by atoms with Gasteiger partial charge in [0.1, 0.15) is 30.0 Å². The Kier molecular flexibility index (Phi) is 8.47. The highest BCUT2D eigenvalue weighted by molar-refractivity contribution is 6.31. The maximum absolute atomic E-state index is 13.2. The molecule has 1 aromatic heterocycles. The molecular formula is C27H26ClF3N4O3. The summed E-state index contributed by atoms with van der Waals surface area (Å²) in [5.41, 5.74) is -0.705. The molecule has 2 aromatic carbocycles. The van der Waals surface area contributed by atoms with Gasteiger partial charge in [0.2, 0.25) is 5.88 Å². The van der Waals surface area contributed by atoms with Crippen LogP contribution in [0.3, 0.4) is 0 Å². The lowest BCUT2D eigenvalue weighted by Crippen LogP contribution is -2.24. The summed E-state index contributed by atoms with van der Waals surface area (Å²) in [4.78, 5) is 18.7. The van der Waals surface area contributed by atoms with Gasteiger partial charge in [0.25, 0.3) is 0 Å². The molecule has 0 bridgehead atoms. The van der Waals surface area contributed by atoms with Gasteiger partial charge in [-0.15, -0.1) is 0 Å². The monoisotopic (exact) mass is 546 g/mol. The molecule has 0 saturated carbocycles. The normalized spacial score (nSPS) is 12.8. The third-order valence-corrected chi connectivity index (χ3v) is 6.52. The van der Waals surface area contributed by atoms with Gasteiger partial charge in [-0.05, 0) is 42.3 Å². The van der Waals surface area contributed by atoms with Crippen molar-refractivity contribution in [1.29, 1.82) is 5.26 Å². The number of nitriles is 1. The van der Waals surface area contributed by atoms with Gasteiger partial charge in [-0.3, -0.25) is 4.57 Å². The first kappa shape index (κ1) is 27.3. The summed E-state index contributed by atoms with van der Waals surface area (Å²) in [5, 5.41) is 9.13. The van der Waals surface area contributed by atoms with E-state index in [-0.39, 0.29) is 35.2 Å². The Morgan fingerprint density at radius 3 is 2.66 bits per heavy atom. The fourth-order valence-corrected chi connectivity index (χ4v) is 4.45. The molecular weight excluding hydrogens is 521 g/mol. The molecule has 4 rings (SSSR count).